The molecule has 2 unspecified atom stereocenters. The minimum Gasteiger partial charge on any atom is -0.465 e. The molecule has 0 N–H and O–H groups in total. The topological polar surface area (TPSA) is 38.7 Å². The lowest BCUT2D eigenvalue weighted by atomic mass is 9.91. The second-order valence-corrected chi connectivity index (χ2v) is 6.42. The molecule has 0 bridgehead atoms. The highest BCUT2D eigenvalue weighted by Crippen LogP contribution is 2.27. The maximum absolute atomic E-state index is 11.8. The fourth-order valence-corrected chi connectivity index (χ4v) is 2.82. The van der Waals surface area contributed by atoms with Crippen LogP contribution in [0.1, 0.15) is 39.0 Å². The monoisotopic (exact) mass is 351 g/mol. The first-order valence-corrected chi connectivity index (χ1v) is 8.46. The quantitative estimate of drug-likeness (QED) is 0.397. The van der Waals surface area contributed by atoms with Crippen molar-refractivity contribution in [1.82, 2.24) is 0 Å². The molecular formula is C17H22BrNO2. The van der Waals surface area contributed by atoms with Crippen molar-refractivity contribution < 1.29 is 9.53 Å². The van der Waals surface area contributed by atoms with E-state index < -0.39 is 0 Å². The lowest BCUT2D eigenvalue weighted by molar-refractivity contribution is -0.141. The van der Waals surface area contributed by atoms with Crippen LogP contribution in [0.3, 0.4) is 0 Å². The van der Waals surface area contributed by atoms with Crippen LogP contribution in [-0.4, -0.2) is 18.8 Å². The van der Waals surface area contributed by atoms with Gasteiger partial charge in [-0.3, -0.25) is 9.79 Å². The fraction of sp³-hybridized carbons (Fsp3) is 0.529. The first-order chi connectivity index (χ1) is 10.2. The van der Waals surface area contributed by atoms with Gasteiger partial charge in [-0.05, 0) is 30.7 Å². The zero-order valence-corrected chi connectivity index (χ0v) is 14.0. The maximum Gasteiger partial charge on any atom is 0.309 e. The number of rotatable bonds is 7. The summed E-state index contributed by atoms with van der Waals surface area (Å²) in [6.45, 7) is 2.66. The average Bonchev–Trinajstić information content (AvgIpc) is 2.84. The lowest BCUT2D eigenvalue weighted by Gasteiger charge is -2.10. The van der Waals surface area contributed by atoms with Crippen LogP contribution in [0.2, 0.25) is 0 Å². The summed E-state index contributed by atoms with van der Waals surface area (Å²) in [7, 11) is 0. The summed E-state index contributed by atoms with van der Waals surface area (Å²) in [4.78, 5) is 16.3. The largest absolute Gasteiger partial charge is 0.465 e. The van der Waals surface area contributed by atoms with Gasteiger partial charge in [-0.15, -0.1) is 0 Å². The van der Waals surface area contributed by atoms with E-state index in [2.05, 4.69) is 27.8 Å². The molecule has 2 rings (SSSR count). The minimum absolute atomic E-state index is 0.0129. The molecular weight excluding hydrogens is 330 g/mol. The van der Waals surface area contributed by atoms with E-state index in [-0.39, 0.29) is 17.8 Å². The molecule has 0 spiro atoms. The van der Waals surface area contributed by atoms with Gasteiger partial charge in [-0.1, -0.05) is 48.5 Å². The Balaban J connectivity index is 1.91. The summed E-state index contributed by atoms with van der Waals surface area (Å²) >= 11 is 3.40. The first kappa shape index (κ1) is 16.2. The second kappa shape index (κ2) is 8.32. The number of ether oxygens (including phenoxy) is 1. The molecule has 2 atom stereocenters. The van der Waals surface area contributed by atoms with E-state index in [0.717, 1.165) is 23.0 Å². The van der Waals surface area contributed by atoms with Crippen molar-refractivity contribution in [2.75, 3.05) is 6.61 Å². The van der Waals surface area contributed by atoms with Crippen LogP contribution >= 0.6 is 15.9 Å². The third kappa shape index (κ3) is 4.95. The number of esters is 1. The second-order valence-electron chi connectivity index (χ2n) is 5.50. The van der Waals surface area contributed by atoms with Crippen LogP contribution in [0.25, 0.3) is 0 Å². The summed E-state index contributed by atoms with van der Waals surface area (Å²) in [6, 6.07) is 7.83. The summed E-state index contributed by atoms with van der Waals surface area (Å²) < 4.78 is 6.24. The lowest BCUT2D eigenvalue weighted by Crippen LogP contribution is -2.17. The van der Waals surface area contributed by atoms with Crippen LogP contribution in [0, 0.1) is 11.8 Å². The van der Waals surface area contributed by atoms with E-state index in [1.165, 1.54) is 19.3 Å². The molecule has 1 saturated heterocycles. The van der Waals surface area contributed by atoms with Crippen molar-refractivity contribution in [3.63, 3.8) is 0 Å². The van der Waals surface area contributed by atoms with Crippen molar-refractivity contribution in [2.45, 2.75) is 39.0 Å². The van der Waals surface area contributed by atoms with Gasteiger partial charge in [0.2, 0.25) is 0 Å². The molecule has 1 aliphatic rings. The number of cyclic esters (lactones) is 1. The molecule has 114 valence electrons. The Hall–Kier alpha value is -1.16. The Kier molecular flexibility index (Phi) is 6.43. The maximum atomic E-state index is 11.8. The zero-order valence-electron chi connectivity index (χ0n) is 12.4. The van der Waals surface area contributed by atoms with Crippen LogP contribution < -0.4 is 0 Å². The number of hydrogen-bond acceptors (Lipinski definition) is 3. The summed E-state index contributed by atoms with van der Waals surface area (Å²) in [5.41, 5.74) is 0.905. The van der Waals surface area contributed by atoms with Crippen molar-refractivity contribution in [3.05, 3.63) is 28.7 Å². The number of benzene rings is 1. The summed E-state index contributed by atoms with van der Waals surface area (Å²) in [5, 5.41) is 0. The van der Waals surface area contributed by atoms with Crippen molar-refractivity contribution in [1.29, 1.82) is 0 Å². The Labute approximate surface area is 134 Å². The van der Waals surface area contributed by atoms with Gasteiger partial charge in [0, 0.05) is 16.6 Å². The van der Waals surface area contributed by atoms with Crippen molar-refractivity contribution in [3.8, 4) is 0 Å². The summed E-state index contributed by atoms with van der Waals surface area (Å²) in [5.74, 6) is 0.0441. The SMILES string of the molecule is CCCCCCC1C(=O)OCC1C=Nc1ccc(Br)cc1. The van der Waals surface area contributed by atoms with Crippen LogP contribution in [0.15, 0.2) is 33.7 Å². The Morgan fingerprint density at radius 3 is 2.76 bits per heavy atom. The minimum atomic E-state index is -0.0567. The molecule has 0 saturated carbocycles. The van der Waals surface area contributed by atoms with E-state index in [1.54, 1.807) is 0 Å². The number of halogens is 1. The average molecular weight is 352 g/mol. The van der Waals surface area contributed by atoms with Gasteiger partial charge >= 0.3 is 5.97 Å². The normalized spacial score (nSPS) is 21.9. The Bertz CT molecular complexity index is 484. The van der Waals surface area contributed by atoms with Gasteiger partial charge in [0.15, 0.2) is 0 Å². The van der Waals surface area contributed by atoms with Crippen LogP contribution in [0.5, 0.6) is 0 Å². The number of carbonyl (C=O) groups excluding carboxylic acids is 1. The van der Waals surface area contributed by atoms with Gasteiger partial charge in [-0.25, -0.2) is 0 Å². The first-order valence-electron chi connectivity index (χ1n) is 7.67. The van der Waals surface area contributed by atoms with Gasteiger partial charge in [0.05, 0.1) is 18.2 Å². The van der Waals surface area contributed by atoms with Crippen molar-refractivity contribution >= 4 is 33.8 Å². The molecule has 1 aliphatic heterocycles. The Morgan fingerprint density at radius 2 is 2.05 bits per heavy atom. The fourth-order valence-electron chi connectivity index (χ4n) is 2.56. The number of unbranched alkanes of at least 4 members (excludes halogenated alkanes) is 3. The van der Waals surface area contributed by atoms with Gasteiger partial charge in [-0.2, -0.15) is 0 Å². The molecule has 0 radical (unpaired) electrons. The smallest absolute Gasteiger partial charge is 0.309 e. The summed E-state index contributed by atoms with van der Waals surface area (Å²) in [6.07, 6.45) is 7.53. The van der Waals surface area contributed by atoms with Gasteiger partial charge in [0.1, 0.15) is 0 Å². The predicted molar refractivity (Wildman–Crippen MR) is 89.0 cm³/mol. The van der Waals surface area contributed by atoms with E-state index in [4.69, 9.17) is 4.74 Å². The molecule has 1 aromatic rings. The van der Waals surface area contributed by atoms with Crippen LogP contribution in [0.4, 0.5) is 5.69 Å². The zero-order chi connectivity index (χ0) is 15.1. The third-order valence-corrected chi connectivity index (χ3v) is 4.38. The van der Waals surface area contributed by atoms with E-state index in [1.807, 2.05) is 30.5 Å². The highest BCUT2D eigenvalue weighted by Gasteiger charge is 2.35. The van der Waals surface area contributed by atoms with Crippen molar-refractivity contribution in [2.24, 2.45) is 16.8 Å². The van der Waals surface area contributed by atoms with E-state index >= 15 is 0 Å². The van der Waals surface area contributed by atoms with Crippen LogP contribution in [-0.2, 0) is 9.53 Å². The standard InChI is InChI=1S/C17H22BrNO2/c1-2-3-4-5-6-16-13(12-21-17(16)20)11-19-15-9-7-14(18)8-10-15/h7-11,13,16H,2-6,12H2,1H3. The molecule has 0 aromatic heterocycles. The Morgan fingerprint density at radius 1 is 1.29 bits per heavy atom. The molecule has 0 amide bonds. The highest BCUT2D eigenvalue weighted by atomic mass is 79.9. The third-order valence-electron chi connectivity index (χ3n) is 3.85. The van der Waals surface area contributed by atoms with Gasteiger partial charge < -0.3 is 4.74 Å². The molecule has 3 nitrogen and oxygen atoms in total. The number of nitrogens with zero attached hydrogens (tertiary/aromatic N) is 1. The molecule has 4 heteroatoms. The highest BCUT2D eigenvalue weighted by molar-refractivity contribution is 9.10. The van der Waals surface area contributed by atoms with E-state index in [0.29, 0.717) is 6.61 Å². The number of aliphatic imine (C=N–C) groups is 1. The molecule has 1 fully saturated rings. The molecule has 21 heavy (non-hydrogen) atoms. The number of hydrogen-bond donors (Lipinski definition) is 0. The van der Waals surface area contributed by atoms with Gasteiger partial charge in [0.25, 0.3) is 0 Å². The molecule has 0 aliphatic carbocycles. The predicted octanol–water partition coefficient (Wildman–Crippen LogP) is 4.91. The van der Waals surface area contributed by atoms with E-state index in [9.17, 15) is 4.79 Å². The number of carbonyl (C=O) groups is 1. The molecule has 1 heterocycles. The molecule has 1 aromatic carbocycles.